The highest BCUT2D eigenvalue weighted by atomic mass is 32.2. The first-order valence-electron chi connectivity index (χ1n) is 9.41. The van der Waals surface area contributed by atoms with Gasteiger partial charge < -0.3 is 14.8 Å². The summed E-state index contributed by atoms with van der Waals surface area (Å²) in [6, 6.07) is 8.42. The Morgan fingerprint density at radius 2 is 1.90 bits per heavy atom. The van der Waals surface area contributed by atoms with E-state index in [1.54, 1.807) is 24.3 Å². The van der Waals surface area contributed by atoms with E-state index in [4.69, 9.17) is 9.47 Å². The number of ether oxygens (including phenoxy) is 2. The van der Waals surface area contributed by atoms with Crippen LogP contribution >= 0.6 is 0 Å². The Kier molecular flexibility index (Phi) is 6.71. The van der Waals surface area contributed by atoms with E-state index < -0.39 is 16.0 Å². The number of sulfonamides is 1. The van der Waals surface area contributed by atoms with E-state index in [0.717, 1.165) is 24.8 Å². The standard InChI is InChI=1S/C20H25N3O5S/c1-27-18-8-6-15(12-17(18)20(24)28-2)13-21-19-9-7-16(14-22-19)29(25,26)23-10-4-3-5-11-23/h6-9,12,14H,3-5,10-11,13H2,1-2H3,(H,21,22). The largest absolute Gasteiger partial charge is 0.496 e. The summed E-state index contributed by atoms with van der Waals surface area (Å²) in [7, 11) is -0.689. The molecule has 0 aliphatic carbocycles. The van der Waals surface area contributed by atoms with E-state index in [2.05, 4.69) is 10.3 Å². The Balaban J connectivity index is 1.68. The van der Waals surface area contributed by atoms with Crippen molar-refractivity contribution in [2.45, 2.75) is 30.7 Å². The second kappa shape index (κ2) is 9.23. The number of nitrogens with zero attached hydrogens (tertiary/aromatic N) is 2. The molecule has 0 spiro atoms. The number of rotatable bonds is 7. The third-order valence-electron chi connectivity index (χ3n) is 4.83. The van der Waals surface area contributed by atoms with Gasteiger partial charge >= 0.3 is 5.97 Å². The number of hydrogen-bond donors (Lipinski definition) is 1. The lowest BCUT2D eigenvalue weighted by molar-refractivity contribution is 0.0597. The lowest BCUT2D eigenvalue weighted by Gasteiger charge is -2.25. The van der Waals surface area contributed by atoms with Gasteiger partial charge in [0.05, 0.1) is 14.2 Å². The van der Waals surface area contributed by atoms with Crippen LogP contribution in [0.15, 0.2) is 41.4 Å². The zero-order valence-corrected chi connectivity index (χ0v) is 17.4. The zero-order chi connectivity index (χ0) is 20.9. The number of piperidine rings is 1. The first-order chi connectivity index (χ1) is 14.0. The maximum atomic E-state index is 12.7. The van der Waals surface area contributed by atoms with Crippen molar-refractivity contribution in [1.29, 1.82) is 0 Å². The summed E-state index contributed by atoms with van der Waals surface area (Å²) in [5.41, 5.74) is 1.17. The number of esters is 1. The number of methoxy groups -OCH3 is 2. The first-order valence-corrected chi connectivity index (χ1v) is 10.8. The van der Waals surface area contributed by atoms with Crippen molar-refractivity contribution >= 4 is 21.8 Å². The van der Waals surface area contributed by atoms with Crippen LogP contribution in [0.4, 0.5) is 5.82 Å². The Morgan fingerprint density at radius 3 is 2.52 bits per heavy atom. The molecule has 0 radical (unpaired) electrons. The minimum absolute atomic E-state index is 0.197. The third-order valence-corrected chi connectivity index (χ3v) is 6.71. The fourth-order valence-corrected chi connectivity index (χ4v) is 4.68. The molecule has 8 nitrogen and oxygen atoms in total. The number of pyridine rings is 1. The first kappa shape index (κ1) is 21.1. The molecule has 0 atom stereocenters. The monoisotopic (exact) mass is 419 g/mol. The average Bonchev–Trinajstić information content (AvgIpc) is 2.77. The molecule has 156 valence electrons. The topological polar surface area (TPSA) is 97.8 Å². The Hall–Kier alpha value is -2.65. The molecule has 2 heterocycles. The summed E-state index contributed by atoms with van der Waals surface area (Å²) in [5.74, 6) is 0.498. The van der Waals surface area contributed by atoms with Crippen LogP contribution in [0, 0.1) is 0 Å². The van der Waals surface area contributed by atoms with E-state index in [0.29, 0.717) is 36.8 Å². The van der Waals surface area contributed by atoms with Gasteiger partial charge in [0.25, 0.3) is 0 Å². The summed E-state index contributed by atoms with van der Waals surface area (Å²) < 4.78 is 36.8. The van der Waals surface area contributed by atoms with Gasteiger partial charge in [-0.25, -0.2) is 18.2 Å². The maximum Gasteiger partial charge on any atom is 0.341 e. The number of benzene rings is 1. The molecule has 1 aliphatic rings. The number of carbonyl (C=O) groups is 1. The third kappa shape index (κ3) is 4.86. The van der Waals surface area contributed by atoms with Crippen LogP contribution in [0.5, 0.6) is 5.75 Å². The molecule has 29 heavy (non-hydrogen) atoms. The quantitative estimate of drug-likeness (QED) is 0.689. The number of nitrogens with one attached hydrogen (secondary N) is 1. The molecule has 0 amide bonds. The summed E-state index contributed by atoms with van der Waals surface area (Å²) >= 11 is 0. The lowest BCUT2D eigenvalue weighted by Crippen LogP contribution is -2.35. The van der Waals surface area contributed by atoms with Crippen LogP contribution in [0.2, 0.25) is 0 Å². The van der Waals surface area contributed by atoms with Crippen LogP contribution in [0.1, 0.15) is 35.2 Å². The highest BCUT2D eigenvalue weighted by Crippen LogP contribution is 2.23. The van der Waals surface area contributed by atoms with Crippen molar-refractivity contribution in [3.05, 3.63) is 47.7 Å². The van der Waals surface area contributed by atoms with Crippen LogP contribution < -0.4 is 10.1 Å². The number of carbonyl (C=O) groups excluding carboxylic acids is 1. The van der Waals surface area contributed by atoms with Crippen molar-refractivity contribution in [3.8, 4) is 5.75 Å². The van der Waals surface area contributed by atoms with Crippen molar-refractivity contribution in [2.75, 3.05) is 32.6 Å². The molecular formula is C20H25N3O5S. The lowest BCUT2D eigenvalue weighted by atomic mass is 10.1. The molecule has 0 unspecified atom stereocenters. The van der Waals surface area contributed by atoms with Gasteiger partial charge in [0.1, 0.15) is 22.0 Å². The fourth-order valence-electron chi connectivity index (χ4n) is 3.22. The normalized spacial score (nSPS) is 15.0. The van der Waals surface area contributed by atoms with E-state index in [-0.39, 0.29) is 4.90 Å². The van der Waals surface area contributed by atoms with Crippen molar-refractivity contribution in [3.63, 3.8) is 0 Å². The highest BCUT2D eigenvalue weighted by molar-refractivity contribution is 7.89. The maximum absolute atomic E-state index is 12.7. The van der Waals surface area contributed by atoms with Gasteiger partial charge in [-0.1, -0.05) is 12.5 Å². The Bertz CT molecular complexity index is 955. The van der Waals surface area contributed by atoms with E-state index in [1.807, 2.05) is 6.07 Å². The SMILES string of the molecule is COC(=O)c1cc(CNc2ccc(S(=O)(=O)N3CCCCC3)cn2)ccc1OC. The molecule has 9 heteroatoms. The van der Waals surface area contributed by atoms with Gasteiger partial charge in [0, 0.05) is 25.8 Å². The summed E-state index contributed by atoms with van der Waals surface area (Å²) in [6.45, 7) is 1.52. The van der Waals surface area contributed by atoms with Crippen molar-refractivity contribution in [1.82, 2.24) is 9.29 Å². The number of anilines is 1. The van der Waals surface area contributed by atoms with Gasteiger partial charge in [0.2, 0.25) is 10.0 Å². The molecule has 3 rings (SSSR count). The minimum Gasteiger partial charge on any atom is -0.496 e. The van der Waals surface area contributed by atoms with Gasteiger partial charge in [-0.15, -0.1) is 0 Å². The van der Waals surface area contributed by atoms with Gasteiger partial charge in [-0.05, 0) is 42.7 Å². The number of aromatic nitrogens is 1. The van der Waals surface area contributed by atoms with Crippen LogP contribution in [-0.4, -0.2) is 51.0 Å². The molecule has 1 aromatic carbocycles. The fraction of sp³-hybridized carbons (Fsp3) is 0.400. The summed E-state index contributed by atoms with van der Waals surface area (Å²) in [6.07, 6.45) is 4.22. The van der Waals surface area contributed by atoms with Crippen molar-refractivity contribution in [2.24, 2.45) is 0 Å². The summed E-state index contributed by atoms with van der Waals surface area (Å²) in [5, 5.41) is 3.13. The molecule has 1 N–H and O–H groups in total. The summed E-state index contributed by atoms with van der Waals surface area (Å²) in [4.78, 5) is 16.3. The van der Waals surface area contributed by atoms with E-state index in [9.17, 15) is 13.2 Å². The molecule has 1 saturated heterocycles. The van der Waals surface area contributed by atoms with Gasteiger partial charge in [-0.3, -0.25) is 0 Å². The zero-order valence-electron chi connectivity index (χ0n) is 16.6. The van der Waals surface area contributed by atoms with Gasteiger partial charge in [0.15, 0.2) is 0 Å². The van der Waals surface area contributed by atoms with Crippen LogP contribution in [0.3, 0.4) is 0 Å². The average molecular weight is 420 g/mol. The Labute approximate surface area is 170 Å². The smallest absolute Gasteiger partial charge is 0.341 e. The molecule has 0 saturated carbocycles. The molecule has 2 aromatic rings. The second-order valence-electron chi connectivity index (χ2n) is 6.72. The predicted molar refractivity (Wildman–Crippen MR) is 109 cm³/mol. The molecular weight excluding hydrogens is 394 g/mol. The van der Waals surface area contributed by atoms with Crippen LogP contribution in [-0.2, 0) is 21.3 Å². The van der Waals surface area contributed by atoms with E-state index >= 15 is 0 Å². The van der Waals surface area contributed by atoms with Gasteiger partial charge in [-0.2, -0.15) is 4.31 Å². The second-order valence-corrected chi connectivity index (χ2v) is 8.66. The highest BCUT2D eigenvalue weighted by Gasteiger charge is 2.26. The van der Waals surface area contributed by atoms with E-state index in [1.165, 1.54) is 24.7 Å². The molecule has 1 aromatic heterocycles. The van der Waals surface area contributed by atoms with Crippen molar-refractivity contribution < 1.29 is 22.7 Å². The molecule has 0 bridgehead atoms. The minimum atomic E-state index is -3.49. The molecule has 1 fully saturated rings. The predicted octanol–water partition coefficient (Wildman–Crippen LogP) is 2.66. The molecule has 1 aliphatic heterocycles. The Morgan fingerprint density at radius 1 is 1.14 bits per heavy atom. The van der Waals surface area contributed by atoms with Crippen LogP contribution in [0.25, 0.3) is 0 Å². The number of hydrogen-bond acceptors (Lipinski definition) is 7.